The number of amides is 3. The van der Waals surface area contributed by atoms with Crippen molar-refractivity contribution >= 4 is 39.3 Å². The van der Waals surface area contributed by atoms with Gasteiger partial charge in [0, 0.05) is 56.7 Å². The van der Waals surface area contributed by atoms with Crippen LogP contribution in [0, 0.1) is 0 Å². The second kappa shape index (κ2) is 14.8. The van der Waals surface area contributed by atoms with Crippen LogP contribution in [0.5, 0.6) is 0 Å². The lowest BCUT2D eigenvalue weighted by molar-refractivity contribution is -0.135. The van der Waals surface area contributed by atoms with Gasteiger partial charge in [-0.1, -0.05) is 21.6 Å². The van der Waals surface area contributed by atoms with Crippen LogP contribution in [0.25, 0.3) is 0 Å². The van der Waals surface area contributed by atoms with Crippen LogP contribution in [0.4, 0.5) is 0 Å². The summed E-state index contributed by atoms with van der Waals surface area (Å²) in [6.45, 7) is 5.95. The Morgan fingerprint density at radius 3 is 2.34 bits per heavy atom. The molecule has 2 N–H and O–H groups in total. The first-order valence-corrected chi connectivity index (χ1v) is 13.0. The number of aliphatic hydroxyl groups excluding tert-OH is 2. The SMILES string of the molecule is CN(CCN(C)C(=O)CCC(C)(C)SSCCO)C(=O)CCOCCN1C(=O)C=CC1O. The highest BCUT2D eigenvalue weighted by Crippen LogP contribution is 2.38. The third-order valence-corrected chi connectivity index (χ3v) is 8.30. The van der Waals surface area contributed by atoms with Crippen molar-refractivity contribution in [1.29, 1.82) is 0 Å². The molecule has 0 fully saturated rings. The number of carbonyl (C=O) groups excluding carboxylic acids is 3. The Morgan fingerprint density at radius 2 is 1.78 bits per heavy atom. The smallest absolute Gasteiger partial charge is 0.248 e. The van der Waals surface area contributed by atoms with E-state index in [9.17, 15) is 19.5 Å². The summed E-state index contributed by atoms with van der Waals surface area (Å²) in [6, 6.07) is 0. The van der Waals surface area contributed by atoms with E-state index in [1.807, 2.05) is 0 Å². The lowest BCUT2D eigenvalue weighted by atomic mass is 10.1. The quantitative estimate of drug-likeness (QED) is 0.243. The average molecular weight is 492 g/mol. The number of aliphatic hydroxyl groups is 2. The van der Waals surface area contributed by atoms with Gasteiger partial charge in [0.25, 0.3) is 0 Å². The summed E-state index contributed by atoms with van der Waals surface area (Å²) >= 11 is 0. The minimum atomic E-state index is -0.909. The zero-order valence-corrected chi connectivity index (χ0v) is 21.1. The first kappa shape index (κ1) is 28.8. The minimum Gasteiger partial charge on any atom is -0.395 e. The predicted octanol–water partition coefficient (Wildman–Crippen LogP) is 0.959. The maximum absolute atomic E-state index is 12.4. The highest BCUT2D eigenvalue weighted by Gasteiger charge is 2.23. The zero-order valence-electron chi connectivity index (χ0n) is 19.5. The molecule has 32 heavy (non-hydrogen) atoms. The molecule has 0 aromatic carbocycles. The molecular weight excluding hydrogens is 454 g/mol. The number of nitrogens with zero attached hydrogens (tertiary/aromatic N) is 3. The van der Waals surface area contributed by atoms with Gasteiger partial charge in [-0.2, -0.15) is 0 Å². The minimum absolute atomic E-state index is 0.0446. The van der Waals surface area contributed by atoms with E-state index in [0.717, 1.165) is 6.42 Å². The molecule has 0 aromatic heterocycles. The second-order valence-corrected chi connectivity index (χ2v) is 11.3. The van der Waals surface area contributed by atoms with Crippen LogP contribution in [0.1, 0.15) is 33.1 Å². The van der Waals surface area contributed by atoms with Gasteiger partial charge < -0.3 is 29.6 Å². The first-order chi connectivity index (χ1) is 15.1. The molecule has 1 atom stereocenters. The van der Waals surface area contributed by atoms with E-state index in [1.165, 1.54) is 17.1 Å². The third kappa shape index (κ3) is 11.0. The summed E-state index contributed by atoms with van der Waals surface area (Å²) in [4.78, 5) is 40.6. The van der Waals surface area contributed by atoms with Crippen LogP contribution in [0.15, 0.2) is 12.2 Å². The summed E-state index contributed by atoms with van der Waals surface area (Å²) in [5, 5.41) is 18.5. The van der Waals surface area contributed by atoms with E-state index in [0.29, 0.717) is 25.3 Å². The van der Waals surface area contributed by atoms with Gasteiger partial charge in [-0.3, -0.25) is 14.4 Å². The molecule has 11 heteroatoms. The molecule has 1 unspecified atom stereocenters. The van der Waals surface area contributed by atoms with Gasteiger partial charge in [-0.25, -0.2) is 0 Å². The van der Waals surface area contributed by atoms with Crippen molar-refractivity contribution in [2.75, 3.05) is 59.3 Å². The number of hydrogen-bond donors (Lipinski definition) is 2. The van der Waals surface area contributed by atoms with Crippen LogP contribution < -0.4 is 0 Å². The van der Waals surface area contributed by atoms with E-state index < -0.39 is 6.23 Å². The van der Waals surface area contributed by atoms with Crippen molar-refractivity contribution < 1.29 is 29.3 Å². The molecule has 1 heterocycles. The number of likely N-dealkylation sites (N-methyl/N-ethyl adjacent to an activating group) is 2. The number of carbonyl (C=O) groups is 3. The van der Waals surface area contributed by atoms with Crippen molar-refractivity contribution in [2.24, 2.45) is 0 Å². The average Bonchev–Trinajstić information content (AvgIpc) is 3.07. The summed E-state index contributed by atoms with van der Waals surface area (Å²) < 4.78 is 5.36. The molecule has 1 aliphatic heterocycles. The molecule has 1 aliphatic rings. The first-order valence-electron chi connectivity index (χ1n) is 10.7. The Hall–Kier alpha value is -1.27. The Balaban J connectivity index is 2.17. The Labute approximate surface area is 198 Å². The van der Waals surface area contributed by atoms with E-state index >= 15 is 0 Å². The van der Waals surface area contributed by atoms with Crippen molar-refractivity contribution in [2.45, 2.75) is 44.1 Å². The monoisotopic (exact) mass is 491 g/mol. The van der Waals surface area contributed by atoms with Crippen molar-refractivity contribution in [3.63, 3.8) is 0 Å². The molecule has 1 rings (SSSR count). The molecule has 0 spiro atoms. The van der Waals surface area contributed by atoms with Gasteiger partial charge in [0.15, 0.2) is 0 Å². The standard InChI is InChI=1S/C21H37N3O6S2/c1-21(2,32-31-16-13-25)9-7-17(26)22(3)10-11-23(4)18(27)8-14-30-15-12-24-19(28)5-6-20(24)29/h5-6,19,25,28H,7-16H2,1-4H3. The zero-order chi connectivity index (χ0) is 24.1. The van der Waals surface area contributed by atoms with Crippen molar-refractivity contribution in [3.8, 4) is 0 Å². The molecule has 0 aromatic rings. The molecule has 3 amide bonds. The van der Waals surface area contributed by atoms with Gasteiger partial charge in [0.2, 0.25) is 17.7 Å². The fourth-order valence-corrected chi connectivity index (χ4v) is 5.13. The summed E-state index contributed by atoms with van der Waals surface area (Å²) in [5.74, 6) is 0.386. The normalized spacial score (nSPS) is 16.0. The third-order valence-electron chi connectivity index (χ3n) is 4.97. The van der Waals surface area contributed by atoms with Gasteiger partial charge in [-0.05, 0) is 26.3 Å². The Morgan fingerprint density at radius 1 is 1.16 bits per heavy atom. The van der Waals surface area contributed by atoms with E-state index in [1.54, 1.807) is 45.5 Å². The molecular formula is C21H37N3O6S2. The Kier molecular flexibility index (Phi) is 13.3. The Bertz CT molecular complexity index is 647. The molecule has 0 saturated carbocycles. The predicted molar refractivity (Wildman–Crippen MR) is 128 cm³/mol. The van der Waals surface area contributed by atoms with Crippen LogP contribution in [0.3, 0.4) is 0 Å². The highest BCUT2D eigenvalue weighted by molar-refractivity contribution is 8.77. The topological polar surface area (TPSA) is 111 Å². The van der Waals surface area contributed by atoms with Gasteiger partial charge in [0.1, 0.15) is 6.23 Å². The highest BCUT2D eigenvalue weighted by atomic mass is 33.1. The van der Waals surface area contributed by atoms with Crippen LogP contribution >= 0.6 is 21.6 Å². The van der Waals surface area contributed by atoms with E-state index in [2.05, 4.69) is 13.8 Å². The van der Waals surface area contributed by atoms with Crippen LogP contribution in [-0.2, 0) is 19.1 Å². The largest absolute Gasteiger partial charge is 0.395 e. The molecule has 0 bridgehead atoms. The summed E-state index contributed by atoms with van der Waals surface area (Å²) in [6.07, 6.45) is 3.21. The van der Waals surface area contributed by atoms with Gasteiger partial charge in [-0.15, -0.1) is 0 Å². The fraction of sp³-hybridized carbons (Fsp3) is 0.762. The molecule has 184 valence electrons. The second-order valence-electron chi connectivity index (χ2n) is 8.19. The van der Waals surface area contributed by atoms with E-state index in [4.69, 9.17) is 9.84 Å². The van der Waals surface area contributed by atoms with Crippen molar-refractivity contribution in [1.82, 2.24) is 14.7 Å². The molecule has 0 aliphatic carbocycles. The summed E-state index contributed by atoms with van der Waals surface area (Å²) in [5.41, 5.74) is 0. The lowest BCUT2D eigenvalue weighted by Gasteiger charge is -2.26. The number of hydrogen-bond acceptors (Lipinski definition) is 8. The lowest BCUT2D eigenvalue weighted by Crippen LogP contribution is -2.38. The molecule has 0 saturated heterocycles. The maximum Gasteiger partial charge on any atom is 0.248 e. The number of ether oxygens (including phenoxy) is 1. The van der Waals surface area contributed by atoms with Gasteiger partial charge in [0.05, 0.1) is 26.2 Å². The number of rotatable bonds is 16. The molecule has 0 radical (unpaired) electrons. The van der Waals surface area contributed by atoms with Crippen LogP contribution in [0.2, 0.25) is 0 Å². The maximum atomic E-state index is 12.4. The van der Waals surface area contributed by atoms with Crippen LogP contribution in [-0.4, -0.2) is 113 Å². The van der Waals surface area contributed by atoms with E-state index in [-0.39, 0.29) is 55.3 Å². The summed E-state index contributed by atoms with van der Waals surface area (Å²) in [7, 11) is 6.73. The fourth-order valence-electron chi connectivity index (χ4n) is 2.78. The molecule has 9 nitrogen and oxygen atoms in total. The van der Waals surface area contributed by atoms with Crippen molar-refractivity contribution in [3.05, 3.63) is 12.2 Å². The van der Waals surface area contributed by atoms with Gasteiger partial charge >= 0.3 is 0 Å².